The van der Waals surface area contributed by atoms with Gasteiger partial charge < -0.3 is 19.5 Å². The van der Waals surface area contributed by atoms with Crippen molar-refractivity contribution in [2.75, 3.05) is 26.6 Å². The van der Waals surface area contributed by atoms with Gasteiger partial charge in [0.2, 0.25) is 11.7 Å². The number of rotatable bonds is 7. The van der Waals surface area contributed by atoms with Crippen molar-refractivity contribution in [3.05, 3.63) is 65.3 Å². The fourth-order valence-corrected chi connectivity index (χ4v) is 3.56. The molecule has 0 heterocycles. The zero-order chi connectivity index (χ0) is 22.5. The molecule has 7 heteroatoms. The zero-order valence-electron chi connectivity index (χ0n) is 17.8. The molecule has 3 rings (SSSR count). The second-order valence-corrected chi connectivity index (χ2v) is 7.38. The highest BCUT2D eigenvalue weighted by Gasteiger charge is 2.21. The number of ketones is 1. The molecule has 2 aromatic carbocycles. The van der Waals surface area contributed by atoms with E-state index < -0.39 is 0 Å². The predicted octanol–water partition coefficient (Wildman–Crippen LogP) is 4.62. The third-order valence-electron chi connectivity index (χ3n) is 4.77. The van der Waals surface area contributed by atoms with E-state index in [1.54, 1.807) is 24.3 Å². The highest BCUT2D eigenvalue weighted by Crippen LogP contribution is 2.39. The van der Waals surface area contributed by atoms with Gasteiger partial charge in [-0.1, -0.05) is 30.4 Å². The van der Waals surface area contributed by atoms with E-state index in [9.17, 15) is 9.59 Å². The van der Waals surface area contributed by atoms with Crippen LogP contribution in [0, 0.1) is 0 Å². The summed E-state index contributed by atoms with van der Waals surface area (Å²) in [5.74, 6) is 0.553. The number of hydrogen-bond acceptors (Lipinski definition) is 6. The monoisotopic (exact) mass is 437 g/mol. The molecule has 0 radical (unpaired) electrons. The standard InChI is InChI=1S/C24H23NO5S/c1-14(26)25-20-9-8-16(15-6-5-7-18(31)10-15)11-19(20)23(27)17-12-21(28-2)24(30-4)22(13-17)29-3/h5-6,8-13H,7H2,1-4H3,(H,25,26). The van der Waals surface area contributed by atoms with E-state index in [2.05, 4.69) is 5.32 Å². The van der Waals surface area contributed by atoms with Crippen molar-refractivity contribution in [1.29, 1.82) is 0 Å². The second kappa shape index (κ2) is 9.57. The van der Waals surface area contributed by atoms with Crippen LogP contribution in [0.3, 0.4) is 0 Å². The molecule has 0 aliphatic heterocycles. The third-order valence-corrected chi connectivity index (χ3v) is 5.05. The van der Waals surface area contributed by atoms with Gasteiger partial charge in [-0.25, -0.2) is 0 Å². The van der Waals surface area contributed by atoms with Crippen LogP contribution in [0.1, 0.15) is 34.8 Å². The van der Waals surface area contributed by atoms with Crippen LogP contribution in [0.15, 0.2) is 48.6 Å². The lowest BCUT2D eigenvalue weighted by molar-refractivity contribution is -0.114. The summed E-state index contributed by atoms with van der Waals surface area (Å²) in [6.07, 6.45) is 6.59. The van der Waals surface area contributed by atoms with E-state index in [0.717, 1.165) is 22.4 Å². The molecule has 0 saturated carbocycles. The Kier molecular flexibility index (Phi) is 6.87. The summed E-state index contributed by atoms with van der Waals surface area (Å²) in [6.45, 7) is 1.40. The first-order valence-corrected chi connectivity index (χ1v) is 9.96. The molecule has 0 bridgehead atoms. The van der Waals surface area contributed by atoms with Crippen LogP contribution in [0.4, 0.5) is 5.69 Å². The number of benzene rings is 2. The van der Waals surface area contributed by atoms with Crippen LogP contribution < -0.4 is 19.5 Å². The molecular formula is C24H23NO5S. The molecule has 1 N–H and O–H groups in total. The van der Waals surface area contributed by atoms with E-state index in [1.165, 1.54) is 28.3 Å². The van der Waals surface area contributed by atoms with Crippen LogP contribution in [0.25, 0.3) is 5.57 Å². The summed E-state index contributed by atoms with van der Waals surface area (Å²) in [6, 6.07) is 8.49. The maximum atomic E-state index is 13.5. The summed E-state index contributed by atoms with van der Waals surface area (Å²) < 4.78 is 16.1. The smallest absolute Gasteiger partial charge is 0.221 e. The van der Waals surface area contributed by atoms with Gasteiger partial charge >= 0.3 is 0 Å². The first-order valence-electron chi connectivity index (χ1n) is 9.55. The van der Waals surface area contributed by atoms with Gasteiger partial charge in [0.1, 0.15) is 0 Å². The highest BCUT2D eigenvalue weighted by molar-refractivity contribution is 7.80. The van der Waals surface area contributed by atoms with Crippen LogP contribution >= 0.6 is 12.2 Å². The Morgan fingerprint density at radius 3 is 2.23 bits per heavy atom. The molecule has 0 saturated heterocycles. The fourth-order valence-electron chi connectivity index (χ4n) is 3.34. The molecule has 2 aromatic rings. The van der Waals surface area contributed by atoms with Crippen molar-refractivity contribution in [2.45, 2.75) is 13.3 Å². The Labute approximate surface area is 186 Å². The Bertz CT molecular complexity index is 1090. The molecule has 6 nitrogen and oxygen atoms in total. The molecule has 1 amide bonds. The average Bonchev–Trinajstić information content (AvgIpc) is 2.77. The van der Waals surface area contributed by atoms with Crippen molar-refractivity contribution in [1.82, 2.24) is 0 Å². The van der Waals surface area contributed by atoms with Crippen LogP contribution in [0.5, 0.6) is 17.2 Å². The Morgan fingerprint density at radius 2 is 1.68 bits per heavy atom. The number of nitrogens with one attached hydrogen (secondary N) is 1. The predicted molar refractivity (Wildman–Crippen MR) is 125 cm³/mol. The summed E-state index contributed by atoms with van der Waals surface area (Å²) in [5, 5.41) is 2.73. The van der Waals surface area contributed by atoms with Gasteiger partial charge in [-0.2, -0.15) is 0 Å². The molecule has 0 spiro atoms. The third kappa shape index (κ3) is 4.83. The lowest BCUT2D eigenvalue weighted by Gasteiger charge is -2.16. The number of allylic oxidation sites excluding steroid dienone is 4. The molecule has 0 unspecified atom stereocenters. The molecule has 0 aromatic heterocycles. The number of carbonyl (C=O) groups is 2. The summed E-state index contributed by atoms with van der Waals surface area (Å²) in [7, 11) is 4.47. The molecule has 31 heavy (non-hydrogen) atoms. The van der Waals surface area contributed by atoms with Crippen molar-refractivity contribution in [3.63, 3.8) is 0 Å². The summed E-state index contributed by atoms with van der Waals surface area (Å²) in [5.41, 5.74) is 2.82. The van der Waals surface area contributed by atoms with Gasteiger partial charge in [0.25, 0.3) is 0 Å². The largest absolute Gasteiger partial charge is 0.493 e. The lowest BCUT2D eigenvalue weighted by Crippen LogP contribution is -2.12. The van der Waals surface area contributed by atoms with E-state index in [0.29, 0.717) is 34.1 Å². The molecule has 0 atom stereocenters. The molecular weight excluding hydrogens is 414 g/mol. The Morgan fingerprint density at radius 1 is 1.00 bits per heavy atom. The number of anilines is 1. The fraction of sp³-hybridized carbons (Fsp3) is 0.208. The SMILES string of the molecule is COc1cc(C(=O)c2cc(C3=CC(=S)CC=C3)ccc2NC(C)=O)cc(OC)c1OC. The highest BCUT2D eigenvalue weighted by atomic mass is 32.1. The van der Waals surface area contributed by atoms with E-state index >= 15 is 0 Å². The number of carbonyl (C=O) groups excluding carboxylic acids is 2. The van der Waals surface area contributed by atoms with Crippen molar-refractivity contribution in [3.8, 4) is 17.2 Å². The van der Waals surface area contributed by atoms with Gasteiger partial charge in [-0.15, -0.1) is 0 Å². The quantitative estimate of drug-likeness (QED) is 0.504. The average molecular weight is 438 g/mol. The minimum Gasteiger partial charge on any atom is -0.493 e. The first kappa shape index (κ1) is 22.2. The van der Waals surface area contributed by atoms with Gasteiger partial charge in [0.05, 0.1) is 27.0 Å². The van der Waals surface area contributed by atoms with E-state index in [-0.39, 0.29) is 11.7 Å². The normalized spacial score (nSPS) is 12.8. The summed E-state index contributed by atoms with van der Waals surface area (Å²) in [4.78, 5) is 26.1. The molecule has 160 valence electrons. The number of methoxy groups -OCH3 is 3. The van der Waals surface area contributed by atoms with Gasteiger partial charge in [0, 0.05) is 29.3 Å². The molecule has 0 fully saturated rings. The maximum Gasteiger partial charge on any atom is 0.221 e. The van der Waals surface area contributed by atoms with Crippen molar-refractivity contribution >= 4 is 40.0 Å². The first-order chi connectivity index (χ1) is 14.9. The van der Waals surface area contributed by atoms with Crippen LogP contribution in [-0.2, 0) is 4.79 Å². The Balaban J connectivity index is 2.14. The van der Waals surface area contributed by atoms with Crippen LogP contribution in [0.2, 0.25) is 0 Å². The number of thiocarbonyl (C=S) groups is 1. The van der Waals surface area contributed by atoms with E-state index in [1.807, 2.05) is 24.3 Å². The lowest BCUT2D eigenvalue weighted by atomic mass is 9.94. The number of amides is 1. The summed E-state index contributed by atoms with van der Waals surface area (Å²) >= 11 is 5.31. The van der Waals surface area contributed by atoms with Gasteiger partial charge in [0.15, 0.2) is 17.3 Å². The van der Waals surface area contributed by atoms with Gasteiger partial charge in [-0.3, -0.25) is 9.59 Å². The minimum absolute atomic E-state index is 0.273. The maximum absolute atomic E-state index is 13.5. The number of hydrogen-bond donors (Lipinski definition) is 1. The molecule has 1 aliphatic carbocycles. The topological polar surface area (TPSA) is 73.9 Å². The zero-order valence-corrected chi connectivity index (χ0v) is 18.6. The van der Waals surface area contributed by atoms with Gasteiger partial charge in [-0.05, 0) is 41.5 Å². The van der Waals surface area contributed by atoms with Crippen molar-refractivity contribution in [2.24, 2.45) is 0 Å². The minimum atomic E-state index is -0.298. The second-order valence-electron chi connectivity index (χ2n) is 6.86. The number of ether oxygens (including phenoxy) is 3. The molecule has 1 aliphatic rings. The van der Waals surface area contributed by atoms with E-state index in [4.69, 9.17) is 26.4 Å². The Hall–Kier alpha value is -3.45. The van der Waals surface area contributed by atoms with Crippen molar-refractivity contribution < 1.29 is 23.8 Å². The van der Waals surface area contributed by atoms with Crippen LogP contribution in [-0.4, -0.2) is 37.9 Å².